The lowest BCUT2D eigenvalue weighted by molar-refractivity contribution is -0.161. The minimum Gasteiger partial charge on any atom is -0.480 e. The van der Waals surface area contributed by atoms with Crippen LogP contribution in [0.1, 0.15) is 18.9 Å². The Morgan fingerprint density at radius 1 is 1.53 bits per heavy atom. The van der Waals surface area contributed by atoms with Crippen LogP contribution in [0.15, 0.2) is 41.4 Å². The number of allylic oxidation sites excluding steroid dienone is 1. The summed E-state index contributed by atoms with van der Waals surface area (Å²) in [5.74, 6) is -2.02. The van der Waals surface area contributed by atoms with Crippen molar-refractivity contribution in [2.24, 2.45) is 0 Å². The van der Waals surface area contributed by atoms with Crippen LogP contribution in [0, 0.1) is 0 Å². The van der Waals surface area contributed by atoms with Gasteiger partial charge in [-0.2, -0.15) is 0 Å². The summed E-state index contributed by atoms with van der Waals surface area (Å²) in [5, 5.41) is 9.53. The number of carbonyl (C=O) groups is 2. The van der Waals surface area contributed by atoms with Crippen LogP contribution in [0.25, 0.3) is 0 Å². The molecule has 1 aromatic carbocycles. The molecule has 1 rings (SSSR count). The number of carboxylic acids is 1. The van der Waals surface area contributed by atoms with Gasteiger partial charge in [-0.3, -0.25) is 9.59 Å². The Morgan fingerprint density at radius 3 is 2.68 bits per heavy atom. The van der Waals surface area contributed by atoms with E-state index in [2.05, 4.69) is 22.5 Å². The van der Waals surface area contributed by atoms with Gasteiger partial charge in [-0.25, -0.2) is 0 Å². The molecule has 0 amide bonds. The molecule has 1 N–H and O–H groups in total. The molecular formula is C14H15BrO4. The van der Waals surface area contributed by atoms with E-state index in [-0.39, 0.29) is 13.0 Å². The zero-order valence-electron chi connectivity index (χ0n) is 10.6. The molecule has 0 heterocycles. The van der Waals surface area contributed by atoms with Crippen LogP contribution in [0.5, 0.6) is 0 Å². The molecule has 19 heavy (non-hydrogen) atoms. The van der Waals surface area contributed by atoms with Gasteiger partial charge in [-0.15, -0.1) is 6.58 Å². The van der Waals surface area contributed by atoms with Crippen LogP contribution >= 0.6 is 15.9 Å². The highest BCUT2D eigenvalue weighted by Gasteiger charge is 2.48. The van der Waals surface area contributed by atoms with Crippen molar-refractivity contribution in [1.29, 1.82) is 0 Å². The van der Waals surface area contributed by atoms with E-state index >= 15 is 0 Å². The van der Waals surface area contributed by atoms with Gasteiger partial charge in [-0.1, -0.05) is 34.1 Å². The third-order valence-electron chi connectivity index (χ3n) is 2.76. The summed E-state index contributed by atoms with van der Waals surface area (Å²) in [6.45, 7) is 5.30. The Labute approximate surface area is 120 Å². The first-order chi connectivity index (χ1) is 8.98. The summed E-state index contributed by atoms with van der Waals surface area (Å²) in [4.78, 5) is 23.8. The SMILES string of the molecule is C=CCC(C(=O)O)(C(=O)OCC)c1cccc(Br)c1. The van der Waals surface area contributed by atoms with E-state index in [0.717, 1.165) is 0 Å². The Hall–Kier alpha value is -1.62. The molecule has 0 bridgehead atoms. The zero-order chi connectivity index (χ0) is 14.5. The number of benzene rings is 1. The van der Waals surface area contributed by atoms with E-state index in [1.54, 1.807) is 31.2 Å². The number of halogens is 1. The highest BCUT2D eigenvalue weighted by atomic mass is 79.9. The third kappa shape index (κ3) is 3.04. The number of hydrogen-bond donors (Lipinski definition) is 1. The molecule has 5 heteroatoms. The molecule has 1 aromatic rings. The van der Waals surface area contributed by atoms with Gasteiger partial charge in [0.15, 0.2) is 5.41 Å². The van der Waals surface area contributed by atoms with E-state index < -0.39 is 17.4 Å². The summed E-state index contributed by atoms with van der Waals surface area (Å²) in [6.07, 6.45) is 1.38. The van der Waals surface area contributed by atoms with Crippen molar-refractivity contribution in [3.8, 4) is 0 Å². The first-order valence-corrected chi connectivity index (χ1v) is 6.56. The van der Waals surface area contributed by atoms with Gasteiger partial charge in [0, 0.05) is 4.47 Å². The van der Waals surface area contributed by atoms with Gasteiger partial charge >= 0.3 is 11.9 Å². The smallest absolute Gasteiger partial charge is 0.328 e. The normalized spacial score (nSPS) is 13.4. The molecule has 0 aromatic heterocycles. The Kier molecular flexibility index (Phi) is 5.30. The van der Waals surface area contributed by atoms with Crippen molar-refractivity contribution in [2.45, 2.75) is 18.8 Å². The van der Waals surface area contributed by atoms with Crippen LogP contribution < -0.4 is 0 Å². The molecule has 0 radical (unpaired) electrons. The number of carbonyl (C=O) groups excluding carboxylic acids is 1. The summed E-state index contributed by atoms with van der Waals surface area (Å²) in [7, 11) is 0. The average molecular weight is 327 g/mol. The summed E-state index contributed by atoms with van der Waals surface area (Å²) >= 11 is 3.27. The quantitative estimate of drug-likeness (QED) is 0.496. The topological polar surface area (TPSA) is 63.6 Å². The second-order valence-electron chi connectivity index (χ2n) is 3.93. The molecule has 0 fully saturated rings. The van der Waals surface area contributed by atoms with E-state index in [1.807, 2.05) is 0 Å². The van der Waals surface area contributed by atoms with Gasteiger partial charge in [0.2, 0.25) is 0 Å². The number of esters is 1. The van der Waals surface area contributed by atoms with Crippen LogP contribution in [0.2, 0.25) is 0 Å². The molecule has 0 saturated carbocycles. The molecule has 1 unspecified atom stereocenters. The van der Waals surface area contributed by atoms with E-state index in [4.69, 9.17) is 4.74 Å². The Balaban J connectivity index is 3.43. The van der Waals surface area contributed by atoms with Gasteiger partial charge in [-0.05, 0) is 31.0 Å². The first kappa shape index (κ1) is 15.4. The molecule has 0 aliphatic heterocycles. The predicted octanol–water partition coefficient (Wildman–Crippen LogP) is 2.91. The number of rotatable bonds is 6. The van der Waals surface area contributed by atoms with Crippen LogP contribution in [-0.4, -0.2) is 23.7 Å². The first-order valence-electron chi connectivity index (χ1n) is 5.76. The fourth-order valence-corrected chi connectivity index (χ4v) is 2.24. The lowest BCUT2D eigenvalue weighted by atomic mass is 9.77. The highest BCUT2D eigenvalue weighted by Crippen LogP contribution is 2.32. The van der Waals surface area contributed by atoms with Crippen molar-refractivity contribution in [3.05, 3.63) is 47.0 Å². The molecule has 0 aliphatic rings. The Morgan fingerprint density at radius 2 is 2.21 bits per heavy atom. The van der Waals surface area contributed by atoms with E-state index in [9.17, 15) is 14.7 Å². The Bertz CT molecular complexity index is 498. The average Bonchev–Trinajstić information content (AvgIpc) is 2.35. The van der Waals surface area contributed by atoms with Gasteiger partial charge in [0.25, 0.3) is 0 Å². The molecule has 102 valence electrons. The van der Waals surface area contributed by atoms with Gasteiger partial charge in [0.05, 0.1) is 6.61 Å². The van der Waals surface area contributed by atoms with Crippen molar-refractivity contribution in [1.82, 2.24) is 0 Å². The minimum atomic E-state index is -1.75. The van der Waals surface area contributed by atoms with Crippen molar-refractivity contribution in [2.75, 3.05) is 6.61 Å². The summed E-state index contributed by atoms with van der Waals surface area (Å²) in [6, 6.07) is 6.64. The predicted molar refractivity (Wildman–Crippen MR) is 74.9 cm³/mol. The maximum absolute atomic E-state index is 12.1. The molecule has 1 atom stereocenters. The van der Waals surface area contributed by atoms with Crippen LogP contribution in [0.3, 0.4) is 0 Å². The second-order valence-corrected chi connectivity index (χ2v) is 4.85. The largest absolute Gasteiger partial charge is 0.480 e. The maximum atomic E-state index is 12.1. The third-order valence-corrected chi connectivity index (χ3v) is 3.25. The lowest BCUT2D eigenvalue weighted by Crippen LogP contribution is -2.44. The number of ether oxygens (including phenoxy) is 1. The number of aliphatic carboxylic acids is 1. The highest BCUT2D eigenvalue weighted by molar-refractivity contribution is 9.10. The second kappa shape index (κ2) is 6.52. The van der Waals surface area contributed by atoms with Crippen molar-refractivity contribution >= 4 is 27.9 Å². The van der Waals surface area contributed by atoms with E-state index in [1.165, 1.54) is 6.08 Å². The zero-order valence-corrected chi connectivity index (χ0v) is 12.1. The van der Waals surface area contributed by atoms with E-state index in [0.29, 0.717) is 10.0 Å². The number of hydrogen-bond acceptors (Lipinski definition) is 3. The van der Waals surface area contributed by atoms with Crippen molar-refractivity contribution in [3.63, 3.8) is 0 Å². The van der Waals surface area contributed by atoms with Crippen LogP contribution in [0.4, 0.5) is 0 Å². The van der Waals surface area contributed by atoms with Gasteiger partial charge < -0.3 is 9.84 Å². The maximum Gasteiger partial charge on any atom is 0.328 e. The minimum absolute atomic E-state index is 0.0301. The molecule has 0 saturated heterocycles. The number of carboxylic acid groups (broad SMARTS) is 1. The summed E-state index contributed by atoms with van der Waals surface area (Å²) in [5.41, 5.74) is -1.38. The summed E-state index contributed by atoms with van der Waals surface area (Å²) < 4.78 is 5.63. The van der Waals surface area contributed by atoms with Crippen molar-refractivity contribution < 1.29 is 19.4 Å². The molecular weight excluding hydrogens is 312 g/mol. The standard InChI is InChI=1S/C14H15BrO4/c1-3-8-14(12(16)17,13(18)19-4-2)10-6-5-7-11(15)9-10/h3,5-7,9H,1,4,8H2,2H3,(H,16,17). The molecule has 0 spiro atoms. The molecule has 0 aliphatic carbocycles. The fourth-order valence-electron chi connectivity index (χ4n) is 1.84. The lowest BCUT2D eigenvalue weighted by Gasteiger charge is -2.26. The fraction of sp³-hybridized carbons (Fsp3) is 0.286. The van der Waals surface area contributed by atoms with Gasteiger partial charge in [0.1, 0.15) is 0 Å². The molecule has 4 nitrogen and oxygen atoms in total. The van der Waals surface area contributed by atoms with Crippen LogP contribution in [-0.2, 0) is 19.7 Å². The monoisotopic (exact) mass is 326 g/mol.